The Hall–Kier alpha value is -1.56. The Kier molecular flexibility index (Phi) is 7.82. The number of hydrogen-bond acceptors (Lipinski definition) is 3. The highest BCUT2D eigenvalue weighted by Gasteiger charge is 2.14. The molecule has 2 unspecified atom stereocenters. The number of thiophene rings is 1. The van der Waals surface area contributed by atoms with Crippen LogP contribution < -0.4 is 10.6 Å². The largest absolute Gasteiger partial charge is 0.481 e. The summed E-state index contributed by atoms with van der Waals surface area (Å²) in [4.78, 5) is 23.7. The molecule has 118 valence electrons. The summed E-state index contributed by atoms with van der Waals surface area (Å²) in [5, 5.41) is 16.5. The summed E-state index contributed by atoms with van der Waals surface area (Å²) in [5.74, 6) is -1.16. The number of hydrogen-bond donors (Lipinski definition) is 3. The molecule has 6 heteroatoms. The highest BCUT2D eigenvalue weighted by atomic mass is 32.1. The standard InChI is InChI=1S/C15H24N2O3S/c1-3-6-12(13-8-5-10-21-13)17-15(20)16-9-4-7-11(2)14(18)19/h5,8,10-12H,3-4,6-7,9H2,1-2H3,(H,18,19)(H2,16,17,20). The van der Waals surface area contributed by atoms with E-state index in [0.29, 0.717) is 19.4 Å². The summed E-state index contributed by atoms with van der Waals surface area (Å²) in [5.41, 5.74) is 0. The first-order valence-corrected chi connectivity index (χ1v) is 8.23. The number of amides is 2. The molecule has 0 spiro atoms. The molecule has 3 N–H and O–H groups in total. The zero-order valence-electron chi connectivity index (χ0n) is 12.6. The molecule has 2 atom stereocenters. The predicted octanol–water partition coefficient (Wildman–Crippen LogP) is 3.39. The van der Waals surface area contributed by atoms with Crippen LogP contribution in [0.25, 0.3) is 0 Å². The fourth-order valence-electron chi connectivity index (χ4n) is 2.01. The summed E-state index contributed by atoms with van der Waals surface area (Å²) < 4.78 is 0. The molecule has 1 aromatic heterocycles. The summed E-state index contributed by atoms with van der Waals surface area (Å²) >= 11 is 1.64. The SMILES string of the molecule is CCCC(NC(=O)NCCCC(C)C(=O)O)c1cccs1. The quantitative estimate of drug-likeness (QED) is 0.612. The minimum atomic E-state index is -0.792. The van der Waals surface area contributed by atoms with Crippen molar-refractivity contribution in [2.75, 3.05) is 6.54 Å². The van der Waals surface area contributed by atoms with Gasteiger partial charge in [-0.3, -0.25) is 4.79 Å². The molecular formula is C15H24N2O3S. The van der Waals surface area contributed by atoms with Gasteiger partial charge in [-0.15, -0.1) is 11.3 Å². The van der Waals surface area contributed by atoms with E-state index in [9.17, 15) is 9.59 Å². The Morgan fingerprint density at radius 1 is 1.38 bits per heavy atom. The highest BCUT2D eigenvalue weighted by Crippen LogP contribution is 2.22. The van der Waals surface area contributed by atoms with E-state index in [-0.39, 0.29) is 18.0 Å². The van der Waals surface area contributed by atoms with Gasteiger partial charge in [-0.25, -0.2) is 4.79 Å². The van der Waals surface area contributed by atoms with Crippen LogP contribution in [0.15, 0.2) is 17.5 Å². The van der Waals surface area contributed by atoms with Crippen LogP contribution in [0.1, 0.15) is 50.4 Å². The van der Waals surface area contributed by atoms with E-state index in [4.69, 9.17) is 5.11 Å². The minimum Gasteiger partial charge on any atom is -0.481 e. The maximum absolute atomic E-state index is 11.9. The zero-order chi connectivity index (χ0) is 15.7. The predicted molar refractivity (Wildman–Crippen MR) is 84.5 cm³/mol. The Morgan fingerprint density at radius 2 is 2.14 bits per heavy atom. The Balaban J connectivity index is 2.29. The Labute approximate surface area is 129 Å². The van der Waals surface area contributed by atoms with Gasteiger partial charge < -0.3 is 15.7 Å². The van der Waals surface area contributed by atoms with E-state index < -0.39 is 5.97 Å². The molecule has 2 amide bonds. The summed E-state index contributed by atoms with van der Waals surface area (Å²) in [7, 11) is 0. The second-order valence-corrected chi connectivity index (χ2v) is 6.12. The molecule has 0 aliphatic heterocycles. The number of urea groups is 1. The third-order valence-electron chi connectivity index (χ3n) is 3.29. The Morgan fingerprint density at radius 3 is 2.71 bits per heavy atom. The molecule has 0 aromatic carbocycles. The average molecular weight is 312 g/mol. The van der Waals surface area contributed by atoms with Crippen LogP contribution in [0, 0.1) is 5.92 Å². The van der Waals surface area contributed by atoms with Gasteiger partial charge in [0.15, 0.2) is 0 Å². The molecule has 0 bridgehead atoms. The first-order chi connectivity index (χ1) is 10.0. The molecule has 5 nitrogen and oxygen atoms in total. The number of carbonyl (C=O) groups excluding carboxylic acids is 1. The zero-order valence-corrected chi connectivity index (χ0v) is 13.4. The van der Waals surface area contributed by atoms with Crippen LogP contribution >= 0.6 is 11.3 Å². The third-order valence-corrected chi connectivity index (χ3v) is 4.28. The van der Waals surface area contributed by atoms with Gasteiger partial charge in [0.25, 0.3) is 0 Å². The van der Waals surface area contributed by atoms with E-state index in [1.54, 1.807) is 18.3 Å². The lowest BCUT2D eigenvalue weighted by molar-refractivity contribution is -0.141. The first kappa shape index (κ1) is 17.5. The van der Waals surface area contributed by atoms with Gasteiger partial charge in [0.05, 0.1) is 12.0 Å². The second kappa shape index (κ2) is 9.39. The lowest BCUT2D eigenvalue weighted by Crippen LogP contribution is -2.38. The van der Waals surface area contributed by atoms with Crippen molar-refractivity contribution < 1.29 is 14.7 Å². The van der Waals surface area contributed by atoms with Crippen molar-refractivity contribution in [3.63, 3.8) is 0 Å². The number of carboxylic acids is 1. The van der Waals surface area contributed by atoms with Gasteiger partial charge in [-0.1, -0.05) is 26.3 Å². The van der Waals surface area contributed by atoms with Gasteiger partial charge in [-0.05, 0) is 30.7 Å². The van der Waals surface area contributed by atoms with Crippen LogP contribution in [0.4, 0.5) is 4.79 Å². The maximum Gasteiger partial charge on any atom is 0.315 e. The lowest BCUT2D eigenvalue weighted by Gasteiger charge is -2.17. The van der Waals surface area contributed by atoms with Gasteiger partial charge >= 0.3 is 12.0 Å². The summed E-state index contributed by atoms with van der Waals surface area (Å²) in [6.07, 6.45) is 3.14. The van der Waals surface area contributed by atoms with E-state index >= 15 is 0 Å². The van der Waals surface area contributed by atoms with Crippen LogP contribution in [0.2, 0.25) is 0 Å². The van der Waals surface area contributed by atoms with Crippen molar-refractivity contribution in [3.05, 3.63) is 22.4 Å². The number of carbonyl (C=O) groups is 2. The number of nitrogens with one attached hydrogen (secondary N) is 2. The minimum absolute atomic E-state index is 0.0490. The van der Waals surface area contributed by atoms with Crippen molar-refractivity contribution in [2.24, 2.45) is 5.92 Å². The van der Waals surface area contributed by atoms with Crippen LogP contribution in [-0.2, 0) is 4.79 Å². The van der Waals surface area contributed by atoms with Crippen molar-refractivity contribution in [3.8, 4) is 0 Å². The monoisotopic (exact) mass is 312 g/mol. The molecule has 1 rings (SSSR count). The fraction of sp³-hybridized carbons (Fsp3) is 0.600. The molecule has 0 saturated heterocycles. The highest BCUT2D eigenvalue weighted by molar-refractivity contribution is 7.10. The van der Waals surface area contributed by atoms with Crippen molar-refractivity contribution in [1.82, 2.24) is 10.6 Å². The Bertz CT molecular complexity index is 434. The average Bonchev–Trinajstić information content (AvgIpc) is 2.96. The van der Waals surface area contributed by atoms with E-state index in [1.165, 1.54) is 0 Å². The van der Waals surface area contributed by atoms with Gasteiger partial charge in [0.1, 0.15) is 0 Å². The molecule has 0 aliphatic carbocycles. The lowest BCUT2D eigenvalue weighted by atomic mass is 10.1. The molecule has 1 heterocycles. The smallest absolute Gasteiger partial charge is 0.315 e. The summed E-state index contributed by atoms with van der Waals surface area (Å²) in [6, 6.07) is 3.87. The van der Waals surface area contributed by atoms with Gasteiger partial charge in [-0.2, -0.15) is 0 Å². The molecule has 0 fully saturated rings. The van der Waals surface area contributed by atoms with Crippen LogP contribution in [-0.4, -0.2) is 23.7 Å². The molecular weight excluding hydrogens is 288 g/mol. The van der Waals surface area contributed by atoms with E-state index in [0.717, 1.165) is 17.7 Å². The number of rotatable bonds is 9. The number of aliphatic carboxylic acids is 1. The van der Waals surface area contributed by atoms with Gasteiger partial charge in [0.2, 0.25) is 0 Å². The summed E-state index contributed by atoms with van der Waals surface area (Å²) in [6.45, 7) is 4.26. The molecule has 0 radical (unpaired) electrons. The third kappa shape index (κ3) is 6.62. The molecule has 1 aromatic rings. The maximum atomic E-state index is 11.9. The van der Waals surface area contributed by atoms with E-state index in [1.807, 2.05) is 17.5 Å². The van der Waals surface area contributed by atoms with Crippen LogP contribution in [0.5, 0.6) is 0 Å². The fourth-order valence-corrected chi connectivity index (χ4v) is 2.82. The second-order valence-electron chi connectivity index (χ2n) is 5.14. The molecule has 21 heavy (non-hydrogen) atoms. The topological polar surface area (TPSA) is 78.4 Å². The molecule has 0 aliphatic rings. The normalized spacial score (nSPS) is 13.4. The number of carboxylic acid groups (broad SMARTS) is 1. The molecule has 0 saturated carbocycles. The first-order valence-electron chi connectivity index (χ1n) is 7.35. The van der Waals surface area contributed by atoms with E-state index in [2.05, 4.69) is 17.6 Å². The van der Waals surface area contributed by atoms with Crippen molar-refractivity contribution in [1.29, 1.82) is 0 Å². The van der Waals surface area contributed by atoms with Crippen LogP contribution in [0.3, 0.4) is 0 Å². The van der Waals surface area contributed by atoms with Gasteiger partial charge in [0, 0.05) is 11.4 Å². The van der Waals surface area contributed by atoms with Crippen molar-refractivity contribution in [2.45, 2.75) is 45.6 Å². The van der Waals surface area contributed by atoms with Crippen molar-refractivity contribution >= 4 is 23.3 Å².